The number of ketones is 1. The first-order valence-corrected chi connectivity index (χ1v) is 9.19. The van der Waals surface area contributed by atoms with Crippen LogP contribution in [0.1, 0.15) is 26.3 Å². The van der Waals surface area contributed by atoms with E-state index in [-0.39, 0.29) is 11.5 Å². The van der Waals surface area contributed by atoms with Crippen LogP contribution >= 0.6 is 0 Å². The fourth-order valence-corrected chi connectivity index (χ4v) is 3.00. The number of carbonyl (C=O) groups is 2. The molecule has 0 atom stereocenters. The second kappa shape index (κ2) is 9.15. The van der Waals surface area contributed by atoms with Gasteiger partial charge in [-0.1, -0.05) is 18.2 Å². The third-order valence-corrected chi connectivity index (χ3v) is 4.58. The van der Waals surface area contributed by atoms with E-state index in [4.69, 9.17) is 4.74 Å². The van der Waals surface area contributed by atoms with Crippen molar-refractivity contribution in [3.05, 3.63) is 75.8 Å². The number of methoxy groups -OCH3 is 1. The van der Waals surface area contributed by atoms with Crippen molar-refractivity contribution in [1.29, 1.82) is 0 Å². The molecule has 0 aliphatic carbocycles. The zero-order chi connectivity index (χ0) is 21.7. The first kappa shape index (κ1) is 20.9. The van der Waals surface area contributed by atoms with Gasteiger partial charge in [0.15, 0.2) is 5.78 Å². The van der Waals surface area contributed by atoms with Crippen molar-refractivity contribution in [3.63, 3.8) is 0 Å². The van der Waals surface area contributed by atoms with Crippen molar-refractivity contribution >= 4 is 28.7 Å². The van der Waals surface area contributed by atoms with E-state index >= 15 is 0 Å². The van der Waals surface area contributed by atoms with E-state index in [0.29, 0.717) is 35.2 Å². The molecule has 2 N–H and O–H groups in total. The molecule has 2 aromatic heterocycles. The monoisotopic (exact) mass is 407 g/mol. The number of benzene rings is 1. The summed E-state index contributed by atoms with van der Waals surface area (Å²) in [5, 5.41) is 13.5. The summed E-state index contributed by atoms with van der Waals surface area (Å²) in [4.78, 5) is 41.3. The average molecular weight is 407 g/mol. The molecule has 8 nitrogen and oxygen atoms in total. The van der Waals surface area contributed by atoms with Crippen molar-refractivity contribution in [3.8, 4) is 5.75 Å². The van der Waals surface area contributed by atoms with Crippen molar-refractivity contribution in [1.82, 2.24) is 14.9 Å². The van der Waals surface area contributed by atoms with Crippen LogP contribution < -0.4 is 10.9 Å². The lowest BCUT2D eigenvalue weighted by Crippen LogP contribution is -2.26. The van der Waals surface area contributed by atoms with Crippen molar-refractivity contribution < 1.29 is 19.4 Å². The van der Waals surface area contributed by atoms with Crippen molar-refractivity contribution in [2.75, 3.05) is 20.3 Å². The molecule has 1 aromatic carbocycles. The Kier molecular flexibility index (Phi) is 6.38. The zero-order valence-electron chi connectivity index (χ0n) is 16.6. The van der Waals surface area contributed by atoms with Crippen LogP contribution in [0.4, 0.5) is 0 Å². The number of nitrogens with one attached hydrogen (secondary N) is 1. The third-order valence-electron chi connectivity index (χ3n) is 4.58. The van der Waals surface area contributed by atoms with E-state index in [1.165, 1.54) is 36.2 Å². The molecule has 0 spiro atoms. The maximum absolute atomic E-state index is 12.7. The quantitative estimate of drug-likeness (QED) is 0.352. The van der Waals surface area contributed by atoms with Gasteiger partial charge in [0.1, 0.15) is 11.3 Å². The summed E-state index contributed by atoms with van der Waals surface area (Å²) in [6.07, 6.45) is 5.58. The van der Waals surface area contributed by atoms with Gasteiger partial charge in [-0.3, -0.25) is 19.4 Å². The Morgan fingerprint density at radius 3 is 2.87 bits per heavy atom. The van der Waals surface area contributed by atoms with E-state index in [1.807, 2.05) is 0 Å². The molecule has 8 heteroatoms. The van der Waals surface area contributed by atoms with E-state index in [2.05, 4.69) is 10.3 Å². The fourth-order valence-electron chi connectivity index (χ4n) is 3.00. The fraction of sp³-hybridized carbons (Fsp3) is 0.182. The van der Waals surface area contributed by atoms with Gasteiger partial charge in [-0.05, 0) is 29.8 Å². The first-order chi connectivity index (χ1) is 14.4. The summed E-state index contributed by atoms with van der Waals surface area (Å²) in [6.45, 7) is 0.785. The number of pyridine rings is 2. The lowest BCUT2D eigenvalue weighted by Gasteiger charge is -2.09. The molecule has 3 aromatic rings. The summed E-state index contributed by atoms with van der Waals surface area (Å²) >= 11 is 0. The van der Waals surface area contributed by atoms with Crippen LogP contribution in [-0.2, 0) is 11.8 Å². The molecule has 0 bridgehead atoms. The van der Waals surface area contributed by atoms with Gasteiger partial charge >= 0.3 is 0 Å². The van der Waals surface area contributed by atoms with E-state index in [9.17, 15) is 19.5 Å². The zero-order valence-corrected chi connectivity index (χ0v) is 16.6. The van der Waals surface area contributed by atoms with Crippen molar-refractivity contribution in [2.45, 2.75) is 0 Å². The number of aryl methyl sites for hydroxylation is 1. The van der Waals surface area contributed by atoms with Gasteiger partial charge in [0, 0.05) is 38.7 Å². The van der Waals surface area contributed by atoms with Gasteiger partial charge in [-0.2, -0.15) is 0 Å². The number of hydrogen-bond donors (Lipinski definition) is 2. The van der Waals surface area contributed by atoms with Gasteiger partial charge < -0.3 is 19.7 Å². The van der Waals surface area contributed by atoms with Crippen LogP contribution in [0.5, 0.6) is 5.75 Å². The minimum atomic E-state index is -0.645. The van der Waals surface area contributed by atoms with E-state index in [0.717, 1.165) is 0 Å². The summed E-state index contributed by atoms with van der Waals surface area (Å²) in [5.74, 6) is -1.31. The summed E-state index contributed by atoms with van der Waals surface area (Å²) in [7, 11) is 3.07. The van der Waals surface area contributed by atoms with E-state index in [1.54, 1.807) is 37.4 Å². The summed E-state index contributed by atoms with van der Waals surface area (Å²) in [6, 6.07) is 8.27. The van der Waals surface area contributed by atoms with Crippen LogP contribution in [-0.4, -0.2) is 46.6 Å². The summed E-state index contributed by atoms with van der Waals surface area (Å²) < 4.78 is 6.19. The standard InChI is InChI=1S/C22H21N3O5/c1-25-17-8-9-23-13-16(17)20(27)19(22(25)29)18(26)7-6-14-4-3-5-15(12-14)21(28)24-10-11-30-2/h3-9,12-13,27H,10-11H2,1-2H3,(H,24,28)/b7-6+. The number of aromatic hydroxyl groups is 1. The minimum Gasteiger partial charge on any atom is -0.506 e. The number of fused-ring (bicyclic) bond motifs is 1. The lowest BCUT2D eigenvalue weighted by molar-refractivity contribution is 0.0936. The number of rotatable bonds is 7. The second-order valence-electron chi connectivity index (χ2n) is 6.55. The van der Waals surface area contributed by atoms with Gasteiger partial charge in [0.25, 0.3) is 11.5 Å². The number of ether oxygens (including phenoxy) is 1. The lowest BCUT2D eigenvalue weighted by atomic mass is 10.1. The number of aromatic nitrogens is 2. The molecule has 0 aliphatic rings. The molecule has 0 fully saturated rings. The Morgan fingerprint density at radius 2 is 2.10 bits per heavy atom. The SMILES string of the molecule is COCCNC(=O)c1cccc(/C=C/C(=O)c2c(O)c3cnccc3n(C)c2=O)c1. The molecule has 30 heavy (non-hydrogen) atoms. The molecule has 154 valence electrons. The van der Waals surface area contributed by atoms with Crippen LogP contribution in [0.2, 0.25) is 0 Å². The van der Waals surface area contributed by atoms with Crippen molar-refractivity contribution in [2.24, 2.45) is 7.05 Å². The molecule has 0 radical (unpaired) electrons. The largest absolute Gasteiger partial charge is 0.506 e. The van der Waals surface area contributed by atoms with Crippen LogP contribution in [0, 0.1) is 0 Å². The van der Waals surface area contributed by atoms with Gasteiger partial charge in [0.05, 0.1) is 17.5 Å². The van der Waals surface area contributed by atoms with Gasteiger partial charge in [-0.25, -0.2) is 0 Å². The first-order valence-electron chi connectivity index (χ1n) is 9.19. The molecule has 0 saturated carbocycles. The maximum Gasteiger partial charge on any atom is 0.265 e. The number of amides is 1. The van der Waals surface area contributed by atoms with Gasteiger partial charge in [0.2, 0.25) is 0 Å². The van der Waals surface area contributed by atoms with Crippen LogP contribution in [0.3, 0.4) is 0 Å². The highest BCUT2D eigenvalue weighted by molar-refractivity contribution is 6.11. The molecule has 3 rings (SSSR count). The maximum atomic E-state index is 12.7. The number of hydrogen-bond acceptors (Lipinski definition) is 6. The van der Waals surface area contributed by atoms with E-state index < -0.39 is 17.1 Å². The van der Waals surface area contributed by atoms with Crippen LogP contribution in [0.15, 0.2) is 53.6 Å². The smallest absolute Gasteiger partial charge is 0.265 e. The second-order valence-corrected chi connectivity index (χ2v) is 6.55. The molecule has 0 aliphatic heterocycles. The number of nitrogens with zero attached hydrogens (tertiary/aromatic N) is 2. The molecular weight excluding hydrogens is 386 g/mol. The Hall–Kier alpha value is -3.78. The predicted molar refractivity (Wildman–Crippen MR) is 113 cm³/mol. The Labute approximate surface area is 172 Å². The Bertz CT molecular complexity index is 1200. The minimum absolute atomic E-state index is 0.262. The molecule has 0 saturated heterocycles. The highest BCUT2D eigenvalue weighted by Crippen LogP contribution is 2.25. The number of carbonyl (C=O) groups excluding carboxylic acids is 2. The molecule has 0 unspecified atom stereocenters. The summed E-state index contributed by atoms with van der Waals surface area (Å²) in [5.41, 5.74) is 0.563. The highest BCUT2D eigenvalue weighted by atomic mass is 16.5. The van der Waals surface area contributed by atoms with Gasteiger partial charge in [-0.15, -0.1) is 0 Å². The topological polar surface area (TPSA) is 111 Å². The molecule has 1 amide bonds. The van der Waals surface area contributed by atoms with Crippen LogP contribution in [0.25, 0.3) is 17.0 Å². The Balaban J connectivity index is 1.88. The number of allylic oxidation sites excluding steroid dienone is 1. The normalized spacial score (nSPS) is 11.1. The Morgan fingerprint density at radius 1 is 1.30 bits per heavy atom. The third kappa shape index (κ3) is 4.28. The predicted octanol–water partition coefficient (Wildman–Crippen LogP) is 1.91. The highest BCUT2D eigenvalue weighted by Gasteiger charge is 2.19. The molecule has 2 heterocycles. The molecular formula is C22H21N3O5. The average Bonchev–Trinajstić information content (AvgIpc) is 2.76.